The molecule has 42 nitrogen and oxygen atoms in total. The lowest BCUT2D eigenvalue weighted by molar-refractivity contribution is -0.138. The first-order chi connectivity index (χ1) is 71.4. The SMILES string of the molecule is [2H]C1(N2C(=O)c3cccc(N)c3C2([2H])[2H])CCC(=O)NC1=O.[2H]C1([2H])c2c(N)cccc2C(=O)N1[C@@H]1CCC(=O)NC1=O.[2H]C1([2H])c2c(N)cccc2C(=O)N1[C@@]1([2H])CCC(=O)NC1=O.[2H]C1([2H])c2c(N)cccc2C(=O)N1[C@]1([2H])CCC(=O)NC1=O.[2H]c1c([2H])c(N)c2c(c1[2H])C(=O)N(C1CCC(=O)NC1=O)C2.[2H]c1c([2H])c(N)c2c(c1[2H])C(=O)N([C@@H]1CCC(=O)NC1=O)C2.[2H]c1c([2H])c(N)c2c(c1[2H])C(=O)N([C@H]1CCC(=O)NC1=O)C2. The van der Waals surface area contributed by atoms with Crippen LogP contribution in [0, 0.1) is 0 Å². The maximum absolute atomic E-state index is 12.5. The van der Waals surface area contributed by atoms with Gasteiger partial charge in [0.25, 0.3) is 41.4 Å². The zero-order valence-electron chi connectivity index (χ0n) is 89.5. The molecule has 2 unspecified atom stereocenters. The molecule has 14 heterocycles. The zero-order valence-corrected chi connectivity index (χ0v) is 69.5. The van der Waals surface area contributed by atoms with Gasteiger partial charge in [-0.1, -0.05) is 42.4 Å². The number of nitrogen functional groups attached to an aromatic ring is 7. The Labute approximate surface area is 784 Å². The van der Waals surface area contributed by atoms with Crippen LogP contribution in [0.25, 0.3) is 0 Å². The minimum atomic E-state index is -2.41. The van der Waals surface area contributed by atoms with E-state index in [1.165, 1.54) is 81.4 Å². The highest BCUT2D eigenvalue weighted by atomic mass is 16.2. The van der Waals surface area contributed by atoms with Crippen molar-refractivity contribution in [1.82, 2.24) is 71.5 Å². The second-order valence-corrected chi connectivity index (χ2v) is 31.2. The summed E-state index contributed by atoms with van der Waals surface area (Å²) in [6.07, 6.45) is -0.0240. The van der Waals surface area contributed by atoms with Crippen LogP contribution < -0.4 is 77.4 Å². The molecule has 0 aromatic heterocycles. The summed E-state index contributed by atoms with van der Waals surface area (Å²) in [5, 5.41) is 14.6. The first-order valence-electron chi connectivity index (χ1n) is 50.8. The number of carbonyl (C=O) groups excluding carboxylic acids is 21. The van der Waals surface area contributed by atoms with Gasteiger partial charge in [0, 0.05) is 208 Å². The van der Waals surface area contributed by atoms with Crippen LogP contribution in [0.3, 0.4) is 0 Å². The molecule has 42 heteroatoms. The number of rotatable bonds is 7. The van der Waals surface area contributed by atoms with Crippen LogP contribution >= 0.6 is 0 Å². The third-order valence-electron chi connectivity index (χ3n) is 22.9. The molecule has 21 rings (SSSR count). The van der Waals surface area contributed by atoms with Crippen molar-refractivity contribution in [3.63, 3.8) is 0 Å². The first-order valence-corrected chi connectivity index (χ1v) is 40.8. The van der Waals surface area contributed by atoms with Gasteiger partial charge in [0.15, 0.2) is 0 Å². The standard InChI is InChI=1S/7C13H13N3O3/c7*14-9-3-1-2-7-8(9)6-16(13(7)19)10-4-5-11(17)15-12(10)18/h7*1-3,10H,4-6,14H2,(H,15,17,18)/t5*10-;;/m11100../s1/i1D,2D,3D;6D2,10D;6D2;1D,2D,3D;6D2,10D;1D,2D,3D;6D2,10D. The van der Waals surface area contributed by atoms with Gasteiger partial charge in [-0.2, -0.15) is 0 Å². The number of carbonyl (C=O) groups is 21. The molecule has 0 aliphatic carbocycles. The highest BCUT2D eigenvalue weighted by Crippen LogP contribution is 2.39. The van der Waals surface area contributed by atoms with Gasteiger partial charge >= 0.3 is 0 Å². The molecule has 0 saturated carbocycles. The minimum Gasteiger partial charge on any atom is -0.398 e. The summed E-state index contributed by atoms with van der Waals surface area (Å²) in [4.78, 5) is 256. The molecule has 0 spiro atoms. The lowest BCUT2D eigenvalue weighted by Crippen LogP contribution is -2.52. The Bertz CT molecular complexity index is 6850. The van der Waals surface area contributed by atoms with E-state index in [-0.39, 0.29) is 265 Å². The summed E-state index contributed by atoms with van der Waals surface area (Å²) >= 11 is 0. The van der Waals surface area contributed by atoms with Gasteiger partial charge in [-0.15, -0.1) is 0 Å². The number of nitrogens with zero attached hydrogens (tertiary/aromatic N) is 7. The fraction of sp³-hybridized carbons (Fsp3) is 0.308. The average Bonchev–Trinajstić information content (AvgIpc) is 1.56. The maximum Gasteiger partial charge on any atom is 0.255 e. The maximum atomic E-state index is 12.5. The molecular formula is C91H91N21O21. The Hall–Kier alpha value is -16.6. The Morgan fingerprint density at radius 1 is 0.241 bits per heavy atom. The summed E-state index contributed by atoms with van der Waals surface area (Å²) < 4.78 is 160. The molecule has 0 bridgehead atoms. The Morgan fingerprint density at radius 2 is 0.444 bits per heavy atom. The van der Waals surface area contributed by atoms with Crippen LogP contribution in [-0.4, -0.2) is 201 Å². The van der Waals surface area contributed by atoms with Crippen LogP contribution in [-0.2, 0) is 113 Å². The largest absolute Gasteiger partial charge is 0.398 e. The normalized spacial score (nSPS) is 27.8. The number of anilines is 7. The van der Waals surface area contributed by atoms with E-state index in [1.807, 2.05) is 16.0 Å². The van der Waals surface area contributed by atoms with Crippen molar-refractivity contribution in [2.24, 2.45) is 0 Å². The smallest absolute Gasteiger partial charge is 0.255 e. The fourth-order valence-corrected chi connectivity index (χ4v) is 16.1. The van der Waals surface area contributed by atoms with Crippen LogP contribution in [0.1, 0.15) is 229 Å². The van der Waals surface area contributed by atoms with Crippen molar-refractivity contribution >= 4 is 164 Å². The van der Waals surface area contributed by atoms with Crippen LogP contribution in [0.15, 0.2) is 127 Å². The molecule has 7 aromatic carbocycles. The Kier molecular flexibility index (Phi) is 19.4. The summed E-state index contributed by atoms with van der Waals surface area (Å²) in [6, 6.07) is 4.48. The molecule has 0 radical (unpaired) electrons. The van der Waals surface area contributed by atoms with Gasteiger partial charge in [0.1, 0.15) is 42.2 Å². The molecule has 686 valence electrons. The summed E-state index contributed by atoms with van der Waals surface area (Å²) in [5.74, 6) is -13.2. The monoisotopic (exact) mass is 1830 g/mol. The average molecular weight is 1830 g/mol. The molecule has 14 aliphatic rings. The van der Waals surface area contributed by atoms with E-state index >= 15 is 0 Å². The summed E-state index contributed by atoms with van der Waals surface area (Å²) in [6.45, 7) is -9.38. The van der Waals surface area contributed by atoms with Gasteiger partial charge in [0.05, 0.1) is 27.4 Å². The van der Waals surface area contributed by atoms with E-state index in [1.54, 1.807) is 6.07 Å². The molecule has 7 atom stereocenters. The number of nitrogens with one attached hydrogen (secondary N) is 7. The number of nitrogens with two attached hydrogens (primary N) is 7. The molecule has 7 saturated heterocycles. The van der Waals surface area contributed by atoms with Crippen molar-refractivity contribution < 1.29 is 128 Å². The number of amides is 21. The predicted octanol–water partition coefficient (Wildman–Crippen LogP) is 0.209. The van der Waals surface area contributed by atoms with Crippen molar-refractivity contribution in [3.8, 4) is 0 Å². The van der Waals surface area contributed by atoms with E-state index in [9.17, 15) is 101 Å². The fourth-order valence-electron chi connectivity index (χ4n) is 16.1. The second-order valence-electron chi connectivity index (χ2n) is 31.2. The van der Waals surface area contributed by atoms with Gasteiger partial charge in [0.2, 0.25) is 82.7 Å². The highest BCUT2D eigenvalue weighted by molar-refractivity contribution is 6.13. The van der Waals surface area contributed by atoms with Gasteiger partial charge in [-0.05, 0) is 130 Å². The topological polar surface area (TPSA) is 648 Å². The van der Waals surface area contributed by atoms with Gasteiger partial charge in [-0.25, -0.2) is 0 Å². The highest BCUT2D eigenvalue weighted by Gasteiger charge is 2.48. The zero-order chi connectivity index (χ0) is 113. The lowest BCUT2D eigenvalue weighted by atomic mass is 10.0. The quantitative estimate of drug-likeness (QED) is 0.0749. The van der Waals surface area contributed by atoms with Crippen LogP contribution in [0.2, 0.25) is 0 Å². The van der Waals surface area contributed by atoms with Crippen LogP contribution in [0.5, 0.6) is 0 Å². The van der Waals surface area contributed by atoms with E-state index in [0.29, 0.717) is 31.4 Å². The van der Waals surface area contributed by atoms with Crippen molar-refractivity contribution in [2.45, 2.75) is 178 Å². The van der Waals surface area contributed by atoms with Crippen LogP contribution in [0.4, 0.5) is 39.8 Å². The van der Waals surface area contributed by atoms with E-state index in [4.69, 9.17) is 67.6 Å². The molecule has 7 fully saturated rings. The Morgan fingerprint density at radius 3 is 0.669 bits per heavy atom. The second kappa shape index (κ2) is 37.6. The van der Waals surface area contributed by atoms with Crippen molar-refractivity contribution in [1.29, 1.82) is 0 Å². The number of fused-ring (bicyclic) bond motifs is 7. The van der Waals surface area contributed by atoms with Crippen molar-refractivity contribution in [3.05, 3.63) is 205 Å². The number of hydrogen-bond acceptors (Lipinski definition) is 28. The third-order valence-corrected chi connectivity index (χ3v) is 22.9. The number of imide groups is 7. The number of hydrogen-bond donors (Lipinski definition) is 14. The van der Waals surface area contributed by atoms with Gasteiger partial charge < -0.3 is 74.4 Å². The number of piperidine rings is 7. The van der Waals surface area contributed by atoms with E-state index < -0.39 is 193 Å². The molecular weight excluding hydrogens is 1720 g/mol. The molecule has 21 amide bonds. The molecule has 7 aromatic rings. The lowest BCUT2D eigenvalue weighted by Gasteiger charge is -2.29. The Balaban J connectivity index is 0.000000133. The van der Waals surface area contributed by atoms with E-state index in [2.05, 4.69) is 21.3 Å². The number of benzene rings is 7. The minimum absolute atomic E-state index is 0.00428. The molecule has 21 N–H and O–H groups in total. The van der Waals surface area contributed by atoms with E-state index in [0.717, 1.165) is 4.90 Å². The molecule has 133 heavy (non-hydrogen) atoms. The third kappa shape index (κ3) is 18.4. The van der Waals surface area contributed by atoms with Gasteiger partial charge in [-0.3, -0.25) is 138 Å². The summed E-state index contributed by atoms with van der Waals surface area (Å²) in [5.41, 5.74) is 41.8. The molecule has 14 aliphatic heterocycles. The van der Waals surface area contributed by atoms with Crippen molar-refractivity contribution in [2.75, 3.05) is 40.1 Å². The first kappa shape index (κ1) is 68.5. The predicted molar refractivity (Wildman–Crippen MR) is 468 cm³/mol. The summed E-state index contributed by atoms with van der Waals surface area (Å²) in [7, 11) is 0.